The Labute approximate surface area is 85.3 Å². The Morgan fingerprint density at radius 1 is 2.00 bits per heavy atom. The highest BCUT2D eigenvalue weighted by Gasteiger charge is 2.26. The fourth-order valence-corrected chi connectivity index (χ4v) is 1.51. The molecule has 1 unspecified atom stereocenters. The van der Waals surface area contributed by atoms with Gasteiger partial charge >= 0.3 is 0 Å². The zero-order valence-electron chi connectivity index (χ0n) is 7.51. The maximum atomic E-state index is 10.5. The molecule has 0 bridgehead atoms. The summed E-state index contributed by atoms with van der Waals surface area (Å²) in [7, 11) is 0. The minimum Gasteiger partial charge on any atom is -0.395 e. The number of rotatable bonds is 4. The molecular weight excluding hydrogens is 206 g/mol. The smallest absolute Gasteiger partial charge is 0.259 e. The van der Waals surface area contributed by atoms with Crippen LogP contribution in [0.5, 0.6) is 0 Å². The second-order valence-electron chi connectivity index (χ2n) is 2.33. The second-order valence-corrected chi connectivity index (χ2v) is 3.32. The Bertz CT molecular complexity index is 279. The molecule has 0 aromatic heterocycles. The molecule has 0 aliphatic carbocycles. The summed E-state index contributed by atoms with van der Waals surface area (Å²) >= 11 is 1.17. The molecule has 1 radical (unpaired) electrons. The Hall–Kier alpha value is -1.05. The van der Waals surface area contributed by atoms with Crippen molar-refractivity contribution in [1.29, 1.82) is 0 Å². The van der Waals surface area contributed by atoms with Crippen LogP contribution in [-0.2, 0) is 9.63 Å². The number of nitrogens with two attached hydrogens (primary N) is 1. The molecule has 0 saturated carbocycles. The van der Waals surface area contributed by atoms with E-state index in [0.717, 1.165) is 5.06 Å². The SMILES string of the molecule is CCO/N=C(\[C]=O)C1=CSC(N)N1O. The van der Waals surface area contributed by atoms with Crippen LogP contribution in [0.15, 0.2) is 16.3 Å². The predicted octanol–water partition coefficient (Wildman–Crippen LogP) is 0.0103. The third kappa shape index (κ3) is 2.25. The number of thioether (sulfide) groups is 1. The summed E-state index contributed by atoms with van der Waals surface area (Å²) in [6, 6.07) is 0. The lowest BCUT2D eigenvalue weighted by atomic mass is 10.3. The van der Waals surface area contributed by atoms with Gasteiger partial charge in [0.05, 0.1) is 0 Å². The van der Waals surface area contributed by atoms with Crippen molar-refractivity contribution >= 4 is 23.8 Å². The summed E-state index contributed by atoms with van der Waals surface area (Å²) in [5, 5.41) is 15.1. The zero-order chi connectivity index (χ0) is 10.6. The number of hydroxylamine groups is 2. The van der Waals surface area contributed by atoms with Gasteiger partial charge in [0.25, 0.3) is 6.29 Å². The molecule has 77 valence electrons. The largest absolute Gasteiger partial charge is 0.395 e. The molecule has 6 nitrogen and oxygen atoms in total. The normalized spacial score (nSPS) is 22.2. The standard InChI is InChI=1S/C7H10N3O3S/c1-2-13-9-5(3-11)6-4-14-7(8)10(6)12/h4,7,12H,2,8H2,1H3/b9-5+. The molecule has 1 heterocycles. The van der Waals surface area contributed by atoms with E-state index in [1.807, 2.05) is 0 Å². The molecule has 1 atom stereocenters. The molecule has 1 aliphatic heterocycles. The van der Waals surface area contributed by atoms with Gasteiger partial charge in [0.15, 0.2) is 11.2 Å². The second kappa shape index (κ2) is 4.99. The molecule has 1 rings (SSSR count). The molecule has 0 spiro atoms. The fourth-order valence-electron chi connectivity index (χ4n) is 0.794. The number of oxime groups is 1. The molecule has 0 aromatic rings. The van der Waals surface area contributed by atoms with Gasteiger partial charge in [-0.2, -0.15) is 0 Å². The highest BCUT2D eigenvalue weighted by atomic mass is 32.2. The van der Waals surface area contributed by atoms with Gasteiger partial charge < -0.3 is 10.6 Å². The van der Waals surface area contributed by atoms with Gasteiger partial charge in [-0.3, -0.25) is 10.0 Å². The van der Waals surface area contributed by atoms with Gasteiger partial charge in [0.1, 0.15) is 12.3 Å². The summed E-state index contributed by atoms with van der Waals surface area (Å²) in [4.78, 5) is 15.2. The van der Waals surface area contributed by atoms with E-state index >= 15 is 0 Å². The summed E-state index contributed by atoms with van der Waals surface area (Å²) in [5.74, 6) is 0. The van der Waals surface area contributed by atoms with Gasteiger partial charge in [-0.05, 0) is 6.92 Å². The van der Waals surface area contributed by atoms with Crippen LogP contribution in [0.3, 0.4) is 0 Å². The Kier molecular flexibility index (Phi) is 3.93. The first kappa shape index (κ1) is 11.0. The van der Waals surface area contributed by atoms with Crippen molar-refractivity contribution in [3.05, 3.63) is 11.1 Å². The molecule has 14 heavy (non-hydrogen) atoms. The quantitative estimate of drug-likeness (QED) is 0.508. The summed E-state index contributed by atoms with van der Waals surface area (Å²) in [6.45, 7) is 2.06. The molecule has 1 aliphatic rings. The molecule has 7 heteroatoms. The van der Waals surface area contributed by atoms with Crippen molar-refractivity contribution in [2.75, 3.05) is 6.61 Å². The zero-order valence-corrected chi connectivity index (χ0v) is 8.32. The van der Waals surface area contributed by atoms with Crippen LogP contribution >= 0.6 is 11.8 Å². The van der Waals surface area contributed by atoms with Crippen molar-refractivity contribution in [3.63, 3.8) is 0 Å². The highest BCUT2D eigenvalue weighted by Crippen LogP contribution is 2.25. The van der Waals surface area contributed by atoms with Gasteiger partial charge in [-0.15, -0.1) is 0 Å². The van der Waals surface area contributed by atoms with Crippen molar-refractivity contribution < 1.29 is 14.8 Å². The molecule has 0 saturated heterocycles. The summed E-state index contributed by atoms with van der Waals surface area (Å²) in [6.07, 6.45) is 1.57. The van der Waals surface area contributed by atoms with Crippen LogP contribution in [0.25, 0.3) is 0 Å². The first-order valence-corrected chi connectivity index (χ1v) is 4.82. The Morgan fingerprint density at radius 2 is 2.71 bits per heavy atom. The van der Waals surface area contributed by atoms with Crippen molar-refractivity contribution in [2.45, 2.75) is 12.4 Å². The highest BCUT2D eigenvalue weighted by molar-refractivity contribution is 8.02. The third-order valence-electron chi connectivity index (χ3n) is 1.43. The van der Waals surface area contributed by atoms with Gasteiger partial charge in [-0.1, -0.05) is 16.9 Å². The number of hydrogen-bond donors (Lipinski definition) is 2. The average molecular weight is 216 g/mol. The topological polar surface area (TPSA) is 88.1 Å². The lowest BCUT2D eigenvalue weighted by Gasteiger charge is -2.16. The van der Waals surface area contributed by atoms with Crippen LogP contribution in [0.1, 0.15) is 6.92 Å². The lowest BCUT2D eigenvalue weighted by Crippen LogP contribution is -2.34. The minimum absolute atomic E-state index is 0.102. The van der Waals surface area contributed by atoms with Crippen molar-refractivity contribution in [2.24, 2.45) is 10.9 Å². The summed E-state index contributed by atoms with van der Waals surface area (Å²) in [5.41, 5.74) is 4.93. The van der Waals surface area contributed by atoms with Crippen LogP contribution in [0, 0.1) is 0 Å². The Balaban J connectivity index is 2.76. The van der Waals surface area contributed by atoms with E-state index < -0.39 is 5.50 Å². The number of allylic oxidation sites excluding steroid dienone is 1. The molecule has 3 N–H and O–H groups in total. The van der Waals surface area contributed by atoms with Gasteiger partial charge in [0, 0.05) is 5.41 Å². The lowest BCUT2D eigenvalue weighted by molar-refractivity contribution is -0.0544. The number of hydrogen-bond acceptors (Lipinski definition) is 7. The van der Waals surface area contributed by atoms with Crippen LogP contribution in [0.2, 0.25) is 0 Å². The van der Waals surface area contributed by atoms with Gasteiger partial charge in [0.2, 0.25) is 0 Å². The maximum absolute atomic E-state index is 10.5. The van der Waals surface area contributed by atoms with Crippen molar-refractivity contribution in [3.8, 4) is 0 Å². The van der Waals surface area contributed by atoms with E-state index in [1.54, 1.807) is 13.2 Å². The van der Waals surface area contributed by atoms with Gasteiger partial charge in [-0.25, -0.2) is 5.06 Å². The van der Waals surface area contributed by atoms with E-state index in [0.29, 0.717) is 6.61 Å². The predicted molar refractivity (Wildman–Crippen MR) is 52.0 cm³/mol. The van der Waals surface area contributed by atoms with E-state index in [2.05, 4.69) is 9.99 Å². The third-order valence-corrected chi connectivity index (χ3v) is 2.27. The first-order chi connectivity index (χ1) is 6.70. The first-order valence-electron chi connectivity index (χ1n) is 3.88. The number of nitrogens with zero attached hydrogens (tertiary/aromatic N) is 2. The van der Waals surface area contributed by atoms with E-state index in [-0.39, 0.29) is 11.4 Å². The average Bonchev–Trinajstić information content (AvgIpc) is 2.51. The molecule has 0 aromatic carbocycles. The van der Waals surface area contributed by atoms with E-state index in [1.165, 1.54) is 17.2 Å². The monoisotopic (exact) mass is 216 g/mol. The van der Waals surface area contributed by atoms with Crippen molar-refractivity contribution in [1.82, 2.24) is 5.06 Å². The summed E-state index contributed by atoms with van der Waals surface area (Å²) < 4.78 is 0. The minimum atomic E-state index is -0.620. The number of carbonyl (C=O) groups excluding carboxylic acids is 1. The van der Waals surface area contributed by atoms with E-state index in [9.17, 15) is 10.0 Å². The Morgan fingerprint density at radius 3 is 3.14 bits per heavy atom. The molecule has 0 fully saturated rings. The van der Waals surface area contributed by atoms with Crippen LogP contribution < -0.4 is 5.73 Å². The van der Waals surface area contributed by atoms with Crippen LogP contribution in [-0.4, -0.2) is 34.4 Å². The molecule has 0 amide bonds. The molecular formula is C7H10N3O3S. The van der Waals surface area contributed by atoms with E-state index in [4.69, 9.17) is 5.73 Å². The maximum Gasteiger partial charge on any atom is 0.259 e. The van der Waals surface area contributed by atoms with Crippen LogP contribution in [0.4, 0.5) is 0 Å². The fraction of sp³-hybridized carbons (Fsp3) is 0.429.